The van der Waals surface area contributed by atoms with Crippen LogP contribution in [-0.2, 0) is 6.54 Å². The molecule has 1 aliphatic rings. The third kappa shape index (κ3) is 6.69. The Balaban J connectivity index is 1.89. The van der Waals surface area contributed by atoms with E-state index in [4.69, 9.17) is 14.7 Å². The number of aliphatic hydroxyl groups is 1. The van der Waals surface area contributed by atoms with Crippen molar-refractivity contribution >= 4 is 0 Å². The number of hydrogen-bond donors (Lipinski definition) is 1. The van der Waals surface area contributed by atoms with Gasteiger partial charge >= 0.3 is 0 Å². The summed E-state index contributed by atoms with van der Waals surface area (Å²) in [4.78, 5) is 4.46. The lowest BCUT2D eigenvalue weighted by Gasteiger charge is -2.29. The van der Waals surface area contributed by atoms with E-state index in [0.29, 0.717) is 24.1 Å². The highest BCUT2D eigenvalue weighted by molar-refractivity contribution is 5.43. The van der Waals surface area contributed by atoms with Crippen molar-refractivity contribution in [3.8, 4) is 17.6 Å². The number of ether oxygens (including phenoxy) is 2. The minimum absolute atomic E-state index is 0.202. The van der Waals surface area contributed by atoms with E-state index in [-0.39, 0.29) is 12.5 Å². The van der Waals surface area contributed by atoms with Crippen LogP contribution in [0.15, 0.2) is 18.2 Å². The summed E-state index contributed by atoms with van der Waals surface area (Å²) in [6.45, 7) is 7.74. The molecule has 0 aliphatic carbocycles. The molecule has 1 aliphatic heterocycles. The Morgan fingerprint density at radius 1 is 1.30 bits per heavy atom. The average molecular weight is 376 g/mol. The fourth-order valence-electron chi connectivity index (χ4n) is 3.19. The molecule has 27 heavy (non-hydrogen) atoms. The highest BCUT2D eigenvalue weighted by Gasteiger charge is 2.19. The van der Waals surface area contributed by atoms with Gasteiger partial charge in [-0.3, -0.25) is 4.90 Å². The van der Waals surface area contributed by atoms with Gasteiger partial charge in [-0.15, -0.1) is 0 Å². The topological polar surface area (TPSA) is 69.0 Å². The monoisotopic (exact) mass is 375 g/mol. The highest BCUT2D eigenvalue weighted by atomic mass is 16.5. The van der Waals surface area contributed by atoms with E-state index in [9.17, 15) is 5.11 Å². The predicted molar refractivity (Wildman–Crippen MR) is 106 cm³/mol. The number of likely N-dealkylation sites (N-methyl/N-ethyl adjacent to an activating group) is 1. The van der Waals surface area contributed by atoms with E-state index in [1.807, 2.05) is 25.2 Å². The number of piperidine rings is 1. The first-order valence-electron chi connectivity index (χ1n) is 9.73. The van der Waals surface area contributed by atoms with Gasteiger partial charge < -0.3 is 19.5 Å². The number of benzene rings is 1. The minimum Gasteiger partial charge on any atom is -0.493 e. The van der Waals surface area contributed by atoms with Crippen LogP contribution in [0.4, 0.5) is 0 Å². The highest BCUT2D eigenvalue weighted by Crippen LogP contribution is 2.29. The van der Waals surface area contributed by atoms with Crippen molar-refractivity contribution in [2.75, 3.05) is 40.4 Å². The maximum atomic E-state index is 10.2. The number of rotatable bonds is 9. The van der Waals surface area contributed by atoms with E-state index >= 15 is 0 Å². The van der Waals surface area contributed by atoms with E-state index < -0.39 is 6.10 Å². The number of nitrogens with zero attached hydrogens (tertiary/aromatic N) is 3. The van der Waals surface area contributed by atoms with Crippen LogP contribution in [0.3, 0.4) is 0 Å². The van der Waals surface area contributed by atoms with Crippen LogP contribution in [0.2, 0.25) is 0 Å². The molecular weight excluding hydrogens is 342 g/mol. The van der Waals surface area contributed by atoms with E-state index in [1.165, 1.54) is 0 Å². The van der Waals surface area contributed by atoms with Crippen LogP contribution in [-0.4, -0.2) is 67.5 Å². The van der Waals surface area contributed by atoms with Crippen LogP contribution in [0.1, 0.15) is 32.3 Å². The van der Waals surface area contributed by atoms with E-state index in [0.717, 1.165) is 38.0 Å². The molecule has 6 heteroatoms. The molecule has 1 atom stereocenters. The average Bonchev–Trinajstić information content (AvgIpc) is 2.67. The lowest BCUT2D eigenvalue weighted by molar-refractivity contribution is 0.0668. The first-order chi connectivity index (χ1) is 12.9. The van der Waals surface area contributed by atoms with Gasteiger partial charge in [0.05, 0.1) is 13.2 Å². The molecule has 1 unspecified atom stereocenters. The van der Waals surface area contributed by atoms with Gasteiger partial charge in [0.1, 0.15) is 12.7 Å². The Labute approximate surface area is 163 Å². The summed E-state index contributed by atoms with van der Waals surface area (Å²) >= 11 is 0. The second-order valence-electron chi connectivity index (χ2n) is 7.66. The summed E-state index contributed by atoms with van der Waals surface area (Å²) in [7, 11) is 3.62. The van der Waals surface area contributed by atoms with Crippen LogP contribution in [0.25, 0.3) is 0 Å². The van der Waals surface area contributed by atoms with Crippen molar-refractivity contribution in [2.45, 2.75) is 45.4 Å². The normalized spacial score (nSPS) is 17.1. The Kier molecular flexibility index (Phi) is 8.36. The molecule has 1 aromatic carbocycles. The van der Waals surface area contributed by atoms with Crippen molar-refractivity contribution in [1.82, 2.24) is 9.80 Å². The first-order valence-corrected chi connectivity index (χ1v) is 9.73. The molecule has 1 saturated heterocycles. The molecule has 1 N–H and O–H groups in total. The number of methoxy groups -OCH3 is 1. The zero-order chi connectivity index (χ0) is 19.8. The third-order valence-corrected chi connectivity index (χ3v) is 5.22. The van der Waals surface area contributed by atoms with Gasteiger partial charge in [-0.25, -0.2) is 0 Å². The number of nitriles is 1. The molecule has 0 aromatic heterocycles. The molecular formula is C21H33N3O3. The molecule has 0 radical (unpaired) electrons. The lowest BCUT2D eigenvalue weighted by Crippen LogP contribution is -2.37. The third-order valence-electron chi connectivity index (χ3n) is 5.22. The Morgan fingerprint density at radius 3 is 2.59 bits per heavy atom. The fourth-order valence-corrected chi connectivity index (χ4v) is 3.19. The number of aliphatic hydroxyl groups excluding tert-OH is 1. The van der Waals surface area contributed by atoms with Crippen molar-refractivity contribution in [3.63, 3.8) is 0 Å². The Hall–Kier alpha value is -1.81. The second-order valence-corrected chi connectivity index (χ2v) is 7.66. The van der Waals surface area contributed by atoms with E-state index in [2.05, 4.69) is 29.7 Å². The van der Waals surface area contributed by atoms with Gasteiger partial charge in [0.2, 0.25) is 0 Å². The van der Waals surface area contributed by atoms with Crippen LogP contribution < -0.4 is 9.47 Å². The van der Waals surface area contributed by atoms with Crippen molar-refractivity contribution in [3.05, 3.63) is 23.8 Å². The van der Waals surface area contributed by atoms with Crippen LogP contribution in [0, 0.1) is 17.2 Å². The number of hydrogen-bond acceptors (Lipinski definition) is 6. The molecule has 6 nitrogen and oxygen atoms in total. The molecule has 0 saturated carbocycles. The molecule has 1 heterocycles. The zero-order valence-electron chi connectivity index (χ0n) is 17.0. The second kappa shape index (κ2) is 10.5. The molecule has 0 spiro atoms. The van der Waals surface area contributed by atoms with Gasteiger partial charge in [-0.2, -0.15) is 5.26 Å². The lowest BCUT2D eigenvalue weighted by atomic mass is 9.98. The smallest absolute Gasteiger partial charge is 0.161 e. The Morgan fingerprint density at radius 2 is 2.00 bits per heavy atom. The first kappa shape index (κ1) is 21.5. The fraction of sp³-hybridized carbons (Fsp3) is 0.667. The Bertz CT molecular complexity index is 622. The van der Waals surface area contributed by atoms with Crippen molar-refractivity contribution in [1.29, 1.82) is 5.26 Å². The SMILES string of the molecule is COc1cc(CN2CCC(C#N)CC2)ccc1OCC(O)CN(C)C(C)C. The molecule has 0 bridgehead atoms. The summed E-state index contributed by atoms with van der Waals surface area (Å²) in [5.74, 6) is 1.53. The van der Waals surface area contributed by atoms with E-state index in [1.54, 1.807) is 7.11 Å². The van der Waals surface area contributed by atoms with Crippen molar-refractivity contribution < 1.29 is 14.6 Å². The molecule has 1 aromatic rings. The molecule has 2 rings (SSSR count). The summed E-state index contributed by atoms with van der Waals surface area (Å²) in [6.07, 6.45) is 1.33. The van der Waals surface area contributed by atoms with Gasteiger partial charge in [0, 0.05) is 25.0 Å². The number of likely N-dealkylation sites (tertiary alicyclic amines) is 1. The van der Waals surface area contributed by atoms with Gasteiger partial charge in [0.25, 0.3) is 0 Å². The molecule has 150 valence electrons. The van der Waals surface area contributed by atoms with Gasteiger partial charge in [-0.1, -0.05) is 6.07 Å². The zero-order valence-corrected chi connectivity index (χ0v) is 17.0. The summed E-state index contributed by atoms with van der Waals surface area (Å²) in [5.41, 5.74) is 1.16. The van der Waals surface area contributed by atoms with Crippen molar-refractivity contribution in [2.24, 2.45) is 5.92 Å². The maximum absolute atomic E-state index is 10.2. The maximum Gasteiger partial charge on any atom is 0.161 e. The predicted octanol–water partition coefficient (Wildman–Crippen LogP) is 2.51. The van der Waals surface area contributed by atoms with Gasteiger partial charge in [0.15, 0.2) is 11.5 Å². The minimum atomic E-state index is -0.553. The van der Waals surface area contributed by atoms with Crippen LogP contribution >= 0.6 is 0 Å². The molecule has 1 fully saturated rings. The largest absolute Gasteiger partial charge is 0.493 e. The quantitative estimate of drug-likeness (QED) is 0.715. The standard InChI is InChI=1S/C21H33N3O3/c1-16(2)23(3)14-19(25)15-27-20-6-5-18(11-21(20)26-4)13-24-9-7-17(12-22)8-10-24/h5-6,11,16-17,19,25H,7-10,13-15H2,1-4H3. The summed E-state index contributed by atoms with van der Waals surface area (Å²) in [6, 6.07) is 8.70. The summed E-state index contributed by atoms with van der Waals surface area (Å²) < 4.78 is 11.3. The van der Waals surface area contributed by atoms with Crippen LogP contribution in [0.5, 0.6) is 11.5 Å². The van der Waals surface area contributed by atoms with Gasteiger partial charge in [-0.05, 0) is 64.5 Å². The molecule has 0 amide bonds. The summed E-state index contributed by atoms with van der Waals surface area (Å²) in [5, 5.41) is 19.2.